The van der Waals surface area contributed by atoms with Gasteiger partial charge in [-0.15, -0.1) is 0 Å². The van der Waals surface area contributed by atoms with Gasteiger partial charge >= 0.3 is 5.97 Å². The highest BCUT2D eigenvalue weighted by molar-refractivity contribution is 6.02. The monoisotopic (exact) mass is 378 g/mol. The van der Waals surface area contributed by atoms with Crippen molar-refractivity contribution in [3.05, 3.63) is 71.3 Å². The Morgan fingerprint density at radius 3 is 2.50 bits per heavy atom. The molecule has 0 radical (unpaired) electrons. The summed E-state index contributed by atoms with van der Waals surface area (Å²) in [5.41, 5.74) is 1.40. The maximum absolute atomic E-state index is 12.5. The second kappa shape index (κ2) is 10.5. The van der Waals surface area contributed by atoms with Gasteiger partial charge in [0.25, 0.3) is 5.91 Å². The fraction of sp³-hybridized carbons (Fsp3) is 0.227. The van der Waals surface area contributed by atoms with Crippen molar-refractivity contribution in [3.8, 4) is 11.8 Å². The second-order valence-corrected chi connectivity index (χ2v) is 5.91. The number of ether oxygens (including phenoxy) is 2. The molecule has 144 valence electrons. The van der Waals surface area contributed by atoms with Crippen molar-refractivity contribution in [2.45, 2.75) is 19.9 Å². The van der Waals surface area contributed by atoms with E-state index in [-0.39, 0.29) is 24.8 Å². The van der Waals surface area contributed by atoms with E-state index in [4.69, 9.17) is 9.47 Å². The zero-order valence-corrected chi connectivity index (χ0v) is 15.8. The highest BCUT2D eigenvalue weighted by atomic mass is 16.6. The van der Waals surface area contributed by atoms with Crippen molar-refractivity contribution in [3.63, 3.8) is 0 Å². The third kappa shape index (κ3) is 5.99. The summed E-state index contributed by atoms with van der Waals surface area (Å²) in [6, 6.07) is 18.0. The van der Waals surface area contributed by atoms with Gasteiger partial charge in [0.2, 0.25) is 0 Å². The van der Waals surface area contributed by atoms with Gasteiger partial charge in [-0.25, -0.2) is 4.79 Å². The van der Waals surface area contributed by atoms with Gasteiger partial charge in [0, 0.05) is 5.56 Å². The predicted octanol–water partition coefficient (Wildman–Crippen LogP) is 3.41. The molecule has 0 fully saturated rings. The van der Waals surface area contributed by atoms with Crippen LogP contribution in [0.3, 0.4) is 0 Å². The molecule has 0 unspecified atom stereocenters. The summed E-state index contributed by atoms with van der Waals surface area (Å²) < 4.78 is 10.3. The quantitative estimate of drug-likeness (QED) is 0.432. The van der Waals surface area contributed by atoms with Gasteiger partial charge in [-0.2, -0.15) is 5.26 Å². The molecule has 2 aromatic carbocycles. The first-order chi connectivity index (χ1) is 13.5. The number of amides is 1. The summed E-state index contributed by atoms with van der Waals surface area (Å²) in [5.74, 6) is -0.595. The van der Waals surface area contributed by atoms with E-state index in [1.165, 1.54) is 6.08 Å². The van der Waals surface area contributed by atoms with E-state index in [1.807, 2.05) is 43.3 Å². The molecule has 1 atom stereocenters. The molecule has 1 amide bonds. The average molecular weight is 378 g/mol. The smallest absolute Gasteiger partial charge is 0.344 e. The molecule has 2 rings (SSSR count). The SMILES string of the molecule is CCOC(=O)COc1ccccc1/C=C(/C#N)C(=O)N[C@@H](C)c1ccccc1. The minimum atomic E-state index is -0.490. The molecule has 28 heavy (non-hydrogen) atoms. The topological polar surface area (TPSA) is 88.4 Å². The van der Waals surface area contributed by atoms with E-state index >= 15 is 0 Å². The first kappa shape index (κ1) is 20.7. The molecule has 2 aromatic rings. The van der Waals surface area contributed by atoms with Crippen molar-refractivity contribution < 1.29 is 19.1 Å². The number of benzene rings is 2. The molecular weight excluding hydrogens is 356 g/mol. The lowest BCUT2D eigenvalue weighted by atomic mass is 10.1. The van der Waals surface area contributed by atoms with Crippen molar-refractivity contribution in [2.24, 2.45) is 0 Å². The van der Waals surface area contributed by atoms with Gasteiger partial charge in [-0.05, 0) is 31.6 Å². The molecule has 0 bridgehead atoms. The van der Waals surface area contributed by atoms with Crippen LogP contribution in [0.25, 0.3) is 6.08 Å². The van der Waals surface area contributed by atoms with Crippen LogP contribution in [0.2, 0.25) is 0 Å². The summed E-state index contributed by atoms with van der Waals surface area (Å²) in [5, 5.41) is 12.2. The van der Waals surface area contributed by atoms with Crippen LogP contribution in [-0.4, -0.2) is 25.1 Å². The molecule has 0 heterocycles. The van der Waals surface area contributed by atoms with Gasteiger partial charge in [-0.3, -0.25) is 4.79 Å². The lowest BCUT2D eigenvalue weighted by Crippen LogP contribution is -2.27. The molecule has 6 nitrogen and oxygen atoms in total. The predicted molar refractivity (Wildman–Crippen MR) is 105 cm³/mol. The zero-order valence-electron chi connectivity index (χ0n) is 15.8. The average Bonchev–Trinajstić information content (AvgIpc) is 2.71. The van der Waals surface area contributed by atoms with Crippen LogP contribution < -0.4 is 10.1 Å². The van der Waals surface area contributed by atoms with Gasteiger partial charge in [0.15, 0.2) is 6.61 Å². The number of nitrogens with one attached hydrogen (secondary N) is 1. The van der Waals surface area contributed by atoms with Crippen molar-refractivity contribution in [1.29, 1.82) is 5.26 Å². The zero-order chi connectivity index (χ0) is 20.4. The maximum Gasteiger partial charge on any atom is 0.344 e. The Labute approximate surface area is 164 Å². The molecule has 0 aliphatic rings. The van der Waals surface area contributed by atoms with Crippen LogP contribution in [0.5, 0.6) is 5.75 Å². The molecule has 0 spiro atoms. The van der Waals surface area contributed by atoms with Crippen molar-refractivity contribution in [1.82, 2.24) is 5.32 Å². The van der Waals surface area contributed by atoms with Crippen LogP contribution >= 0.6 is 0 Å². The molecular formula is C22H22N2O4. The molecule has 0 aromatic heterocycles. The molecule has 1 N–H and O–H groups in total. The summed E-state index contributed by atoms with van der Waals surface area (Å²) in [4.78, 5) is 24.0. The molecule has 6 heteroatoms. The number of para-hydroxylation sites is 1. The number of esters is 1. The summed E-state index contributed by atoms with van der Waals surface area (Å²) in [7, 11) is 0. The van der Waals surface area contributed by atoms with Crippen LogP contribution in [0, 0.1) is 11.3 Å². The number of hydrogen-bond acceptors (Lipinski definition) is 5. The third-order valence-electron chi connectivity index (χ3n) is 3.88. The number of hydrogen-bond donors (Lipinski definition) is 1. The van der Waals surface area contributed by atoms with Crippen LogP contribution in [0.4, 0.5) is 0 Å². The Hall–Kier alpha value is -3.59. The van der Waals surface area contributed by atoms with E-state index in [0.717, 1.165) is 5.56 Å². The molecule has 0 aliphatic carbocycles. The van der Waals surface area contributed by atoms with Gasteiger partial charge < -0.3 is 14.8 Å². The lowest BCUT2D eigenvalue weighted by molar-refractivity contribution is -0.145. The van der Waals surface area contributed by atoms with Crippen LogP contribution in [0.1, 0.15) is 31.0 Å². The standard InChI is InChI=1S/C22H22N2O4/c1-3-27-21(25)15-28-20-12-8-7-11-18(20)13-19(14-23)22(26)24-16(2)17-9-5-4-6-10-17/h4-13,16H,3,15H2,1-2H3,(H,24,26)/b19-13-/t16-/m0/s1. The number of nitriles is 1. The van der Waals surface area contributed by atoms with E-state index < -0.39 is 11.9 Å². The summed E-state index contributed by atoms with van der Waals surface area (Å²) in [6.07, 6.45) is 1.44. The first-order valence-corrected chi connectivity index (χ1v) is 8.90. The minimum absolute atomic E-state index is 0.0602. The fourth-order valence-corrected chi connectivity index (χ4v) is 2.47. The molecule has 0 aliphatic heterocycles. The number of nitrogens with zero attached hydrogens (tertiary/aromatic N) is 1. The summed E-state index contributed by atoms with van der Waals surface area (Å²) >= 11 is 0. The Balaban J connectivity index is 2.14. The number of carbonyl (C=O) groups excluding carboxylic acids is 2. The van der Waals surface area contributed by atoms with Crippen LogP contribution in [0.15, 0.2) is 60.2 Å². The highest BCUT2D eigenvalue weighted by Gasteiger charge is 2.15. The Morgan fingerprint density at radius 2 is 1.82 bits per heavy atom. The maximum atomic E-state index is 12.5. The van der Waals surface area contributed by atoms with Gasteiger partial charge in [0.05, 0.1) is 12.6 Å². The van der Waals surface area contributed by atoms with Crippen LogP contribution in [-0.2, 0) is 14.3 Å². The van der Waals surface area contributed by atoms with Crippen molar-refractivity contribution in [2.75, 3.05) is 13.2 Å². The fourth-order valence-electron chi connectivity index (χ4n) is 2.47. The molecule has 0 saturated heterocycles. The number of rotatable bonds is 8. The summed E-state index contributed by atoms with van der Waals surface area (Å²) in [6.45, 7) is 3.57. The van der Waals surface area contributed by atoms with Gasteiger partial charge in [-0.1, -0.05) is 48.5 Å². The molecule has 0 saturated carbocycles. The Bertz CT molecular complexity index is 885. The largest absolute Gasteiger partial charge is 0.481 e. The first-order valence-electron chi connectivity index (χ1n) is 8.90. The normalized spacial score (nSPS) is 11.8. The number of carbonyl (C=O) groups is 2. The van der Waals surface area contributed by atoms with Gasteiger partial charge in [0.1, 0.15) is 17.4 Å². The third-order valence-corrected chi connectivity index (χ3v) is 3.88. The van der Waals surface area contributed by atoms with E-state index in [0.29, 0.717) is 11.3 Å². The highest BCUT2D eigenvalue weighted by Crippen LogP contribution is 2.21. The van der Waals surface area contributed by atoms with Crippen molar-refractivity contribution >= 4 is 18.0 Å². The van der Waals surface area contributed by atoms with E-state index in [9.17, 15) is 14.9 Å². The lowest BCUT2D eigenvalue weighted by Gasteiger charge is -2.14. The Kier molecular flexibility index (Phi) is 7.79. The minimum Gasteiger partial charge on any atom is -0.481 e. The van der Waals surface area contributed by atoms with E-state index in [2.05, 4.69) is 5.32 Å². The Morgan fingerprint density at radius 1 is 1.14 bits per heavy atom. The second-order valence-electron chi connectivity index (χ2n) is 5.91. The van der Waals surface area contributed by atoms with E-state index in [1.54, 1.807) is 31.2 Å².